The van der Waals surface area contributed by atoms with Crippen LogP contribution in [0.4, 0.5) is 15.6 Å². The van der Waals surface area contributed by atoms with Gasteiger partial charge in [0.1, 0.15) is 11.3 Å². The molecule has 1 N–H and O–H groups in total. The van der Waals surface area contributed by atoms with E-state index in [1.54, 1.807) is 34.8 Å². The first-order chi connectivity index (χ1) is 14.7. The van der Waals surface area contributed by atoms with Crippen molar-refractivity contribution in [3.63, 3.8) is 0 Å². The molecule has 0 radical (unpaired) electrons. The second-order valence-corrected chi connectivity index (χ2v) is 8.78. The molecule has 2 aliphatic rings. The standard InChI is InChI=1S/C22H23N5O2S.ClH/c28-21-27(17-4-3-10-23-13-17)15-22(29-21)8-6-16(7-9-22)12-25-20-26-19(14-30-20)18-5-1-2-11-24-18;/h1-5,10-11,13-14,16H,6-9,12,15H2,(H,25,26);1H/t16-,22+;. The minimum absolute atomic E-state index is 0. The molecule has 1 saturated carbocycles. The van der Waals surface area contributed by atoms with Crippen LogP contribution in [0.5, 0.6) is 0 Å². The largest absolute Gasteiger partial charge is 0.441 e. The summed E-state index contributed by atoms with van der Waals surface area (Å²) in [6, 6.07) is 9.58. The number of carbonyl (C=O) groups excluding carboxylic acids is 1. The highest BCUT2D eigenvalue weighted by molar-refractivity contribution is 7.14. The number of halogens is 1. The van der Waals surface area contributed by atoms with Crippen molar-refractivity contribution >= 4 is 40.7 Å². The molecule has 9 heteroatoms. The number of ether oxygens (including phenoxy) is 1. The summed E-state index contributed by atoms with van der Waals surface area (Å²) in [6.45, 7) is 1.49. The van der Waals surface area contributed by atoms with Gasteiger partial charge in [0, 0.05) is 24.3 Å². The second kappa shape index (κ2) is 9.20. The van der Waals surface area contributed by atoms with E-state index in [1.165, 1.54) is 0 Å². The van der Waals surface area contributed by atoms with Crippen LogP contribution in [0.3, 0.4) is 0 Å². The zero-order chi connectivity index (χ0) is 20.4. The second-order valence-electron chi connectivity index (χ2n) is 7.93. The average Bonchev–Trinajstić information content (AvgIpc) is 3.39. The fraction of sp³-hybridized carbons (Fsp3) is 0.364. The summed E-state index contributed by atoms with van der Waals surface area (Å²) >= 11 is 1.61. The lowest BCUT2D eigenvalue weighted by atomic mass is 9.78. The van der Waals surface area contributed by atoms with Crippen LogP contribution in [0.1, 0.15) is 25.7 Å². The maximum atomic E-state index is 12.4. The highest BCUT2D eigenvalue weighted by Crippen LogP contribution is 2.40. The molecular weight excluding hydrogens is 434 g/mol. The molecule has 31 heavy (non-hydrogen) atoms. The molecule has 2 fully saturated rings. The Morgan fingerprint density at radius 1 is 1.16 bits per heavy atom. The van der Waals surface area contributed by atoms with Crippen molar-refractivity contribution in [2.75, 3.05) is 23.3 Å². The molecule has 1 aliphatic heterocycles. The van der Waals surface area contributed by atoms with E-state index in [4.69, 9.17) is 4.74 Å². The fourth-order valence-electron chi connectivity index (χ4n) is 4.22. The van der Waals surface area contributed by atoms with Crippen molar-refractivity contribution in [2.45, 2.75) is 31.3 Å². The Morgan fingerprint density at radius 3 is 2.77 bits per heavy atom. The molecule has 3 aromatic rings. The molecule has 1 spiro atoms. The van der Waals surface area contributed by atoms with Gasteiger partial charge in [-0.15, -0.1) is 23.7 Å². The van der Waals surface area contributed by atoms with Crippen LogP contribution >= 0.6 is 23.7 Å². The van der Waals surface area contributed by atoms with Crippen molar-refractivity contribution < 1.29 is 9.53 Å². The van der Waals surface area contributed by atoms with Gasteiger partial charge >= 0.3 is 6.09 Å². The number of nitrogens with one attached hydrogen (secondary N) is 1. The van der Waals surface area contributed by atoms with E-state index in [0.717, 1.165) is 54.4 Å². The molecular formula is C22H24ClN5O2S. The maximum absolute atomic E-state index is 12.4. The molecule has 5 rings (SSSR count). The van der Waals surface area contributed by atoms with Crippen LogP contribution in [-0.4, -0.2) is 39.7 Å². The minimum atomic E-state index is -0.364. The zero-order valence-corrected chi connectivity index (χ0v) is 18.6. The Morgan fingerprint density at radius 2 is 2.03 bits per heavy atom. The van der Waals surface area contributed by atoms with Crippen LogP contribution in [0, 0.1) is 5.92 Å². The molecule has 7 nitrogen and oxygen atoms in total. The number of amides is 1. The molecule has 1 aliphatic carbocycles. The van der Waals surface area contributed by atoms with Gasteiger partial charge in [-0.2, -0.15) is 0 Å². The third-order valence-corrected chi connectivity index (χ3v) is 6.72. The van der Waals surface area contributed by atoms with Crippen LogP contribution in [0.25, 0.3) is 11.4 Å². The van der Waals surface area contributed by atoms with E-state index in [0.29, 0.717) is 12.5 Å². The first-order valence-corrected chi connectivity index (χ1v) is 11.1. The summed E-state index contributed by atoms with van der Waals surface area (Å²) in [5, 5.41) is 6.44. The number of nitrogens with zero attached hydrogens (tertiary/aromatic N) is 4. The quantitative estimate of drug-likeness (QED) is 0.579. The first-order valence-electron chi connectivity index (χ1n) is 10.2. The van der Waals surface area contributed by atoms with Crippen molar-refractivity contribution in [1.82, 2.24) is 15.0 Å². The Bertz CT molecular complexity index is 1010. The van der Waals surface area contributed by atoms with Gasteiger partial charge in [-0.1, -0.05) is 6.07 Å². The van der Waals surface area contributed by atoms with Crippen molar-refractivity contribution in [3.8, 4) is 11.4 Å². The molecule has 0 unspecified atom stereocenters. The first kappa shape index (κ1) is 21.5. The smallest absolute Gasteiger partial charge is 0.415 e. The highest BCUT2D eigenvalue weighted by Gasteiger charge is 2.47. The fourth-order valence-corrected chi connectivity index (χ4v) is 4.94. The van der Waals surface area contributed by atoms with Crippen LogP contribution in [0.15, 0.2) is 54.3 Å². The summed E-state index contributed by atoms with van der Waals surface area (Å²) in [6.07, 6.45) is 8.77. The SMILES string of the molecule is Cl.O=C1O[C@]2(CC[C@@H](CNc3nc(-c4ccccn4)cs3)CC2)CN1c1cccnc1. The topological polar surface area (TPSA) is 80.2 Å². The predicted octanol–water partition coefficient (Wildman–Crippen LogP) is 5.02. The number of hydrogen-bond acceptors (Lipinski definition) is 7. The van der Waals surface area contributed by atoms with Gasteiger partial charge in [-0.3, -0.25) is 14.9 Å². The zero-order valence-electron chi connectivity index (χ0n) is 16.9. The van der Waals surface area contributed by atoms with Crippen molar-refractivity contribution in [1.29, 1.82) is 0 Å². The van der Waals surface area contributed by atoms with Crippen LogP contribution < -0.4 is 10.2 Å². The molecule has 1 amide bonds. The monoisotopic (exact) mass is 457 g/mol. The molecule has 162 valence electrons. The van der Waals surface area contributed by atoms with Gasteiger partial charge in [-0.25, -0.2) is 9.78 Å². The van der Waals surface area contributed by atoms with Gasteiger partial charge in [-0.05, 0) is 55.9 Å². The molecule has 0 bridgehead atoms. The Balaban J connectivity index is 0.00000231. The summed E-state index contributed by atoms with van der Waals surface area (Å²) in [5.74, 6) is 0.545. The Kier molecular flexibility index (Phi) is 6.38. The number of pyridine rings is 2. The lowest BCUT2D eigenvalue weighted by Crippen LogP contribution is -2.39. The van der Waals surface area contributed by atoms with Crippen molar-refractivity contribution in [2.24, 2.45) is 5.92 Å². The predicted molar refractivity (Wildman–Crippen MR) is 124 cm³/mol. The third-order valence-electron chi connectivity index (χ3n) is 5.92. The summed E-state index contributed by atoms with van der Waals surface area (Å²) in [7, 11) is 0. The third kappa shape index (κ3) is 4.65. The van der Waals surface area contributed by atoms with Gasteiger partial charge < -0.3 is 10.1 Å². The number of thiazole rings is 1. The van der Waals surface area contributed by atoms with E-state index >= 15 is 0 Å². The van der Waals surface area contributed by atoms with E-state index in [1.807, 2.05) is 35.7 Å². The van der Waals surface area contributed by atoms with Gasteiger partial charge in [0.2, 0.25) is 0 Å². The molecule has 4 heterocycles. The van der Waals surface area contributed by atoms with Gasteiger partial charge in [0.15, 0.2) is 5.13 Å². The number of carbonyl (C=O) groups is 1. The normalized spacial score (nSPS) is 22.8. The van der Waals surface area contributed by atoms with Crippen LogP contribution in [-0.2, 0) is 4.74 Å². The average molecular weight is 458 g/mol. The highest BCUT2D eigenvalue weighted by atomic mass is 35.5. The van der Waals surface area contributed by atoms with Crippen LogP contribution in [0.2, 0.25) is 0 Å². The number of aromatic nitrogens is 3. The molecule has 1 saturated heterocycles. The van der Waals surface area contributed by atoms with Gasteiger partial charge in [0.25, 0.3) is 0 Å². The Hall–Kier alpha value is -2.71. The summed E-state index contributed by atoms with van der Waals surface area (Å²) in [5.41, 5.74) is 2.23. The minimum Gasteiger partial charge on any atom is -0.441 e. The molecule has 3 aromatic heterocycles. The maximum Gasteiger partial charge on any atom is 0.415 e. The molecule has 0 atom stereocenters. The number of hydrogen-bond donors (Lipinski definition) is 1. The van der Waals surface area contributed by atoms with E-state index < -0.39 is 0 Å². The van der Waals surface area contributed by atoms with E-state index in [-0.39, 0.29) is 24.1 Å². The molecule has 0 aromatic carbocycles. The van der Waals surface area contributed by atoms with Crippen molar-refractivity contribution in [3.05, 3.63) is 54.3 Å². The van der Waals surface area contributed by atoms with E-state index in [9.17, 15) is 4.79 Å². The Labute approximate surface area is 191 Å². The summed E-state index contributed by atoms with van der Waals surface area (Å²) in [4.78, 5) is 27.2. The van der Waals surface area contributed by atoms with E-state index in [2.05, 4.69) is 20.3 Å². The lowest BCUT2D eigenvalue weighted by molar-refractivity contribution is 0.0148. The lowest BCUT2D eigenvalue weighted by Gasteiger charge is -2.35. The van der Waals surface area contributed by atoms with Gasteiger partial charge in [0.05, 0.1) is 24.1 Å². The number of rotatable bonds is 5. The summed E-state index contributed by atoms with van der Waals surface area (Å²) < 4.78 is 5.84. The number of anilines is 2.